The van der Waals surface area contributed by atoms with Gasteiger partial charge in [-0.2, -0.15) is 0 Å². The van der Waals surface area contributed by atoms with Gasteiger partial charge in [0.2, 0.25) is 0 Å². The predicted octanol–water partition coefficient (Wildman–Crippen LogP) is 2.98. The zero-order valence-electron chi connectivity index (χ0n) is 9.96. The molecule has 0 radical (unpaired) electrons. The van der Waals surface area contributed by atoms with Crippen molar-refractivity contribution < 1.29 is 5.11 Å². The Morgan fingerprint density at radius 1 is 1.12 bits per heavy atom. The fraction of sp³-hybridized carbons (Fsp3) is 0.615. The van der Waals surface area contributed by atoms with Crippen molar-refractivity contribution in [2.24, 2.45) is 0 Å². The van der Waals surface area contributed by atoms with Crippen LogP contribution in [0.25, 0.3) is 0 Å². The molecule has 2 N–H and O–H groups in total. The summed E-state index contributed by atoms with van der Waals surface area (Å²) in [6.07, 6.45) is 8.24. The highest BCUT2D eigenvalue weighted by atomic mass is 16.3. The fourth-order valence-electron chi connectivity index (χ4n) is 1.82. The van der Waals surface area contributed by atoms with Crippen LogP contribution in [0.3, 0.4) is 0 Å². The van der Waals surface area contributed by atoms with Gasteiger partial charge in [0.1, 0.15) is 5.75 Å². The Kier molecular flexibility index (Phi) is 5.68. The summed E-state index contributed by atoms with van der Waals surface area (Å²) in [4.78, 5) is 13.8. The van der Waals surface area contributed by atoms with Gasteiger partial charge < -0.3 is 10.1 Å². The standard InChI is InChI=1S/C13H21NO2/c1-2-3-4-5-6-7-8-11-9-12(15)10-13(16)14-11/h9-10H,2-8H2,1H3,(H2,14,15,16). The number of hydrogen-bond donors (Lipinski definition) is 2. The van der Waals surface area contributed by atoms with Gasteiger partial charge in [0.25, 0.3) is 5.56 Å². The second-order valence-corrected chi connectivity index (χ2v) is 4.25. The highest BCUT2D eigenvalue weighted by molar-refractivity contribution is 5.20. The molecule has 0 unspecified atom stereocenters. The molecule has 0 amide bonds. The molecule has 1 aromatic heterocycles. The fourth-order valence-corrected chi connectivity index (χ4v) is 1.82. The molecule has 3 nitrogen and oxygen atoms in total. The van der Waals surface area contributed by atoms with E-state index in [1.807, 2.05) is 0 Å². The van der Waals surface area contributed by atoms with Crippen LogP contribution in [0, 0.1) is 0 Å². The summed E-state index contributed by atoms with van der Waals surface area (Å²) in [5.74, 6) is 0.0599. The molecule has 1 rings (SSSR count). The second-order valence-electron chi connectivity index (χ2n) is 4.25. The van der Waals surface area contributed by atoms with Crippen LogP contribution in [0.5, 0.6) is 5.75 Å². The maximum Gasteiger partial charge on any atom is 0.251 e. The second kappa shape index (κ2) is 7.09. The summed E-state index contributed by atoms with van der Waals surface area (Å²) in [5, 5.41) is 9.25. The van der Waals surface area contributed by atoms with Crippen LogP contribution in [0.2, 0.25) is 0 Å². The van der Waals surface area contributed by atoms with Crippen molar-refractivity contribution in [3.8, 4) is 5.75 Å². The molecular weight excluding hydrogens is 202 g/mol. The molecule has 0 fully saturated rings. The Labute approximate surface area is 96.5 Å². The lowest BCUT2D eigenvalue weighted by atomic mass is 10.1. The van der Waals surface area contributed by atoms with Gasteiger partial charge in [-0.15, -0.1) is 0 Å². The van der Waals surface area contributed by atoms with Crippen LogP contribution in [0.4, 0.5) is 0 Å². The van der Waals surface area contributed by atoms with Gasteiger partial charge in [-0.05, 0) is 18.9 Å². The van der Waals surface area contributed by atoms with E-state index in [0.29, 0.717) is 0 Å². The number of aryl methyl sites for hydroxylation is 1. The van der Waals surface area contributed by atoms with Crippen molar-refractivity contribution >= 4 is 0 Å². The number of aromatic hydroxyl groups is 1. The van der Waals surface area contributed by atoms with Gasteiger partial charge in [-0.25, -0.2) is 0 Å². The zero-order valence-corrected chi connectivity index (χ0v) is 9.96. The van der Waals surface area contributed by atoms with Crippen LogP contribution in [-0.4, -0.2) is 10.1 Å². The normalized spacial score (nSPS) is 10.6. The van der Waals surface area contributed by atoms with Gasteiger partial charge in [-0.1, -0.05) is 39.0 Å². The van der Waals surface area contributed by atoms with Crippen LogP contribution in [0.15, 0.2) is 16.9 Å². The van der Waals surface area contributed by atoms with E-state index in [2.05, 4.69) is 11.9 Å². The number of rotatable bonds is 7. The van der Waals surface area contributed by atoms with E-state index in [4.69, 9.17) is 0 Å². The number of aromatic nitrogens is 1. The Morgan fingerprint density at radius 2 is 1.81 bits per heavy atom. The highest BCUT2D eigenvalue weighted by Gasteiger charge is 1.98. The van der Waals surface area contributed by atoms with Gasteiger partial charge in [0.05, 0.1) is 0 Å². The van der Waals surface area contributed by atoms with Gasteiger partial charge in [0, 0.05) is 11.8 Å². The van der Waals surface area contributed by atoms with Crippen molar-refractivity contribution in [3.63, 3.8) is 0 Å². The molecule has 0 saturated heterocycles. The van der Waals surface area contributed by atoms with Gasteiger partial charge in [0.15, 0.2) is 0 Å². The molecule has 0 aliphatic rings. The molecule has 3 heteroatoms. The zero-order chi connectivity index (χ0) is 11.8. The minimum absolute atomic E-state index is 0.0599. The van der Waals surface area contributed by atoms with Crippen molar-refractivity contribution in [1.29, 1.82) is 0 Å². The topological polar surface area (TPSA) is 53.1 Å². The van der Waals surface area contributed by atoms with Gasteiger partial charge in [-0.3, -0.25) is 4.79 Å². The quantitative estimate of drug-likeness (QED) is 0.698. The highest BCUT2D eigenvalue weighted by Crippen LogP contribution is 2.10. The number of nitrogens with one attached hydrogen (secondary N) is 1. The third kappa shape index (κ3) is 5.01. The lowest BCUT2D eigenvalue weighted by Gasteiger charge is -2.02. The van der Waals surface area contributed by atoms with Crippen molar-refractivity contribution in [2.45, 2.75) is 51.9 Å². The maximum absolute atomic E-state index is 11.1. The van der Waals surface area contributed by atoms with Gasteiger partial charge >= 0.3 is 0 Å². The average Bonchev–Trinajstić information content (AvgIpc) is 2.22. The number of unbranched alkanes of at least 4 members (excludes halogenated alkanes) is 5. The van der Waals surface area contributed by atoms with Crippen LogP contribution < -0.4 is 5.56 Å². The molecule has 16 heavy (non-hydrogen) atoms. The van der Waals surface area contributed by atoms with Crippen LogP contribution >= 0.6 is 0 Å². The summed E-state index contributed by atoms with van der Waals surface area (Å²) in [5.41, 5.74) is 0.612. The van der Waals surface area contributed by atoms with E-state index in [0.717, 1.165) is 18.5 Å². The van der Waals surface area contributed by atoms with Crippen LogP contribution in [0.1, 0.15) is 51.1 Å². The lowest BCUT2D eigenvalue weighted by molar-refractivity contribution is 0.472. The third-order valence-electron chi connectivity index (χ3n) is 2.68. The monoisotopic (exact) mass is 223 g/mol. The molecule has 0 aromatic carbocycles. The largest absolute Gasteiger partial charge is 0.508 e. The molecule has 1 aromatic rings. The Morgan fingerprint density at radius 3 is 2.50 bits per heavy atom. The Bertz CT molecular complexity index is 357. The number of hydrogen-bond acceptors (Lipinski definition) is 2. The SMILES string of the molecule is CCCCCCCCc1cc(O)cc(=O)[nH]1. The number of pyridine rings is 1. The van der Waals surface area contributed by atoms with Crippen molar-refractivity contribution in [1.82, 2.24) is 4.98 Å². The molecule has 90 valence electrons. The van der Waals surface area contributed by atoms with E-state index in [9.17, 15) is 9.90 Å². The first-order chi connectivity index (χ1) is 7.72. The smallest absolute Gasteiger partial charge is 0.251 e. The first-order valence-electron chi connectivity index (χ1n) is 6.14. The third-order valence-corrected chi connectivity index (χ3v) is 2.68. The molecule has 0 spiro atoms. The summed E-state index contributed by atoms with van der Waals surface area (Å²) in [7, 11) is 0. The number of H-pyrrole nitrogens is 1. The Hall–Kier alpha value is -1.25. The maximum atomic E-state index is 11.1. The molecular formula is C13H21NO2. The summed E-state index contributed by atoms with van der Waals surface area (Å²) >= 11 is 0. The summed E-state index contributed by atoms with van der Waals surface area (Å²) in [6, 6.07) is 2.83. The van der Waals surface area contributed by atoms with Crippen molar-refractivity contribution in [3.05, 3.63) is 28.2 Å². The first-order valence-corrected chi connectivity index (χ1v) is 6.14. The van der Waals surface area contributed by atoms with Crippen molar-refractivity contribution in [2.75, 3.05) is 0 Å². The number of aromatic amines is 1. The van der Waals surface area contributed by atoms with E-state index in [1.54, 1.807) is 6.07 Å². The first kappa shape index (κ1) is 12.8. The molecule has 1 heterocycles. The summed E-state index contributed by atoms with van der Waals surface area (Å²) < 4.78 is 0. The van der Waals surface area contributed by atoms with Crippen LogP contribution in [-0.2, 0) is 6.42 Å². The molecule has 0 aliphatic heterocycles. The van der Waals surface area contributed by atoms with E-state index < -0.39 is 0 Å². The molecule has 0 bridgehead atoms. The average molecular weight is 223 g/mol. The van der Waals surface area contributed by atoms with E-state index in [1.165, 1.54) is 38.2 Å². The van der Waals surface area contributed by atoms with E-state index >= 15 is 0 Å². The minimum Gasteiger partial charge on any atom is -0.508 e. The van der Waals surface area contributed by atoms with E-state index in [-0.39, 0.29) is 11.3 Å². The molecule has 0 saturated carbocycles. The molecule has 0 atom stereocenters. The Balaban J connectivity index is 2.24. The minimum atomic E-state index is -0.221. The lowest BCUT2D eigenvalue weighted by Crippen LogP contribution is -2.06. The predicted molar refractivity (Wildman–Crippen MR) is 65.8 cm³/mol. The molecule has 0 aliphatic carbocycles. The summed E-state index contributed by atoms with van der Waals surface area (Å²) in [6.45, 7) is 2.21.